The van der Waals surface area contributed by atoms with Crippen LogP contribution in [0.15, 0.2) is 18.2 Å². The zero-order valence-corrected chi connectivity index (χ0v) is 15.8. The Morgan fingerprint density at radius 2 is 2.26 bits per heavy atom. The van der Waals surface area contributed by atoms with Gasteiger partial charge in [0, 0.05) is 47.9 Å². The van der Waals surface area contributed by atoms with E-state index in [2.05, 4.69) is 16.8 Å². The number of aromatic nitrogens is 1. The highest BCUT2D eigenvalue weighted by atomic mass is 16.6. The maximum atomic E-state index is 13.2. The van der Waals surface area contributed by atoms with Gasteiger partial charge in [-0.25, -0.2) is 0 Å². The van der Waals surface area contributed by atoms with Crippen LogP contribution in [-0.2, 0) is 16.6 Å². The Hall–Kier alpha value is -2.21. The van der Waals surface area contributed by atoms with Crippen molar-refractivity contribution in [2.24, 2.45) is 11.8 Å². The SMILES string of the molecule is CCC1CC2CN3CCc4c([nH]c5ccc([N+](=O)[O-])cc45)C(C(C)=O)(C2)C13. The molecule has 6 heteroatoms. The van der Waals surface area contributed by atoms with Crippen LogP contribution in [0.4, 0.5) is 5.69 Å². The van der Waals surface area contributed by atoms with Crippen molar-refractivity contribution in [1.82, 2.24) is 9.88 Å². The zero-order valence-electron chi connectivity index (χ0n) is 15.8. The molecule has 5 unspecified atom stereocenters. The number of aromatic amines is 1. The van der Waals surface area contributed by atoms with Crippen LogP contribution in [0.5, 0.6) is 0 Å². The monoisotopic (exact) mass is 367 g/mol. The molecule has 5 atom stereocenters. The molecule has 142 valence electrons. The molecule has 1 N–H and O–H groups in total. The summed E-state index contributed by atoms with van der Waals surface area (Å²) in [6, 6.07) is 5.27. The van der Waals surface area contributed by atoms with Crippen molar-refractivity contribution >= 4 is 22.4 Å². The lowest BCUT2D eigenvalue weighted by atomic mass is 9.55. The Morgan fingerprint density at radius 3 is 2.96 bits per heavy atom. The number of nitrogens with one attached hydrogen (secondary N) is 1. The number of H-pyrrole nitrogens is 1. The smallest absolute Gasteiger partial charge is 0.270 e. The van der Waals surface area contributed by atoms with E-state index in [1.165, 1.54) is 6.42 Å². The second kappa shape index (κ2) is 5.64. The van der Waals surface area contributed by atoms with Crippen LogP contribution in [0.1, 0.15) is 44.4 Å². The molecule has 6 nitrogen and oxygen atoms in total. The summed E-state index contributed by atoms with van der Waals surface area (Å²) in [6.07, 6.45) is 4.05. The van der Waals surface area contributed by atoms with Gasteiger partial charge in [0.25, 0.3) is 5.69 Å². The summed E-state index contributed by atoms with van der Waals surface area (Å²) >= 11 is 0. The second-order valence-corrected chi connectivity index (χ2v) is 8.66. The van der Waals surface area contributed by atoms with Crippen LogP contribution in [0.3, 0.4) is 0 Å². The maximum absolute atomic E-state index is 13.2. The van der Waals surface area contributed by atoms with Gasteiger partial charge in [-0.2, -0.15) is 0 Å². The molecule has 1 aliphatic carbocycles. The number of nitro benzene ring substituents is 1. The molecule has 1 aromatic heterocycles. The standard InChI is InChI=1S/C21H25N3O3/c1-3-14-8-13-10-21(12(2)25)19-16(6-7-23(11-13)20(14)21)17-9-15(24(26)27)4-5-18(17)22-19/h4-5,9,13-14,20,22H,3,6-8,10-11H2,1-2H3. The molecule has 4 bridgehead atoms. The zero-order chi connectivity index (χ0) is 18.9. The molecule has 1 saturated carbocycles. The Bertz CT molecular complexity index is 965. The first-order valence-corrected chi connectivity index (χ1v) is 10.00. The summed E-state index contributed by atoms with van der Waals surface area (Å²) in [5.41, 5.74) is 2.69. The topological polar surface area (TPSA) is 79.2 Å². The normalized spacial score (nSPS) is 34.3. The van der Waals surface area contributed by atoms with Gasteiger partial charge in [-0.05, 0) is 49.7 Å². The van der Waals surface area contributed by atoms with Crippen LogP contribution < -0.4 is 0 Å². The van der Waals surface area contributed by atoms with Gasteiger partial charge in [-0.1, -0.05) is 13.3 Å². The first-order chi connectivity index (χ1) is 13.0. The number of non-ortho nitro benzene ring substituents is 1. The van der Waals surface area contributed by atoms with E-state index < -0.39 is 5.41 Å². The predicted molar refractivity (Wildman–Crippen MR) is 103 cm³/mol. The lowest BCUT2D eigenvalue weighted by Gasteiger charge is -2.58. The summed E-state index contributed by atoms with van der Waals surface area (Å²) in [7, 11) is 0. The number of hydrogen-bond acceptors (Lipinski definition) is 4. The van der Waals surface area contributed by atoms with Crippen LogP contribution in [0.25, 0.3) is 10.9 Å². The first kappa shape index (κ1) is 16.9. The number of nitro groups is 1. The molecule has 2 aromatic rings. The van der Waals surface area contributed by atoms with E-state index in [-0.39, 0.29) is 22.4 Å². The molecule has 2 saturated heterocycles. The van der Waals surface area contributed by atoms with Crippen molar-refractivity contribution in [2.45, 2.75) is 51.0 Å². The average Bonchev–Trinajstić information content (AvgIpc) is 2.99. The molecule has 0 amide bonds. The lowest BCUT2D eigenvalue weighted by molar-refractivity contribution is -0.384. The molecule has 1 aromatic carbocycles. The number of benzene rings is 1. The Morgan fingerprint density at radius 1 is 1.44 bits per heavy atom. The molecule has 6 rings (SSSR count). The fourth-order valence-corrected chi connectivity index (χ4v) is 6.46. The quantitative estimate of drug-likeness (QED) is 0.664. The van der Waals surface area contributed by atoms with Crippen LogP contribution in [0.2, 0.25) is 0 Å². The third-order valence-corrected chi connectivity index (χ3v) is 7.43. The number of rotatable bonds is 3. The van der Waals surface area contributed by atoms with Crippen LogP contribution in [0, 0.1) is 22.0 Å². The van der Waals surface area contributed by atoms with Gasteiger partial charge in [-0.15, -0.1) is 0 Å². The highest BCUT2D eigenvalue weighted by molar-refractivity contribution is 5.94. The molecular weight excluding hydrogens is 342 g/mol. The summed E-state index contributed by atoms with van der Waals surface area (Å²) in [4.78, 5) is 30.2. The van der Waals surface area contributed by atoms with Crippen molar-refractivity contribution in [1.29, 1.82) is 0 Å². The van der Waals surface area contributed by atoms with Crippen LogP contribution in [-0.4, -0.2) is 39.7 Å². The van der Waals surface area contributed by atoms with E-state index in [0.29, 0.717) is 11.8 Å². The van der Waals surface area contributed by atoms with Crippen molar-refractivity contribution in [3.05, 3.63) is 39.6 Å². The van der Waals surface area contributed by atoms with Gasteiger partial charge in [0.15, 0.2) is 0 Å². The number of hydrogen-bond donors (Lipinski definition) is 1. The third-order valence-electron chi connectivity index (χ3n) is 7.43. The van der Waals surface area contributed by atoms with Crippen molar-refractivity contribution in [3.8, 4) is 0 Å². The highest BCUT2D eigenvalue weighted by Gasteiger charge is 2.60. The van der Waals surface area contributed by atoms with Crippen molar-refractivity contribution in [2.75, 3.05) is 13.1 Å². The summed E-state index contributed by atoms with van der Waals surface area (Å²) in [5, 5.41) is 12.2. The molecule has 3 aliphatic heterocycles. The second-order valence-electron chi connectivity index (χ2n) is 8.66. The number of nitrogens with zero attached hydrogens (tertiary/aromatic N) is 2. The third kappa shape index (κ3) is 2.13. The predicted octanol–water partition coefficient (Wildman–Crippen LogP) is 3.58. The number of fused-ring (bicyclic) bond motifs is 4. The van der Waals surface area contributed by atoms with Crippen LogP contribution >= 0.6 is 0 Å². The van der Waals surface area contributed by atoms with Gasteiger partial charge < -0.3 is 4.98 Å². The largest absolute Gasteiger partial charge is 0.357 e. The van der Waals surface area contributed by atoms with E-state index in [0.717, 1.165) is 54.5 Å². The molecule has 4 aliphatic rings. The summed E-state index contributed by atoms with van der Waals surface area (Å²) < 4.78 is 0. The molecule has 27 heavy (non-hydrogen) atoms. The summed E-state index contributed by atoms with van der Waals surface area (Å²) in [5.74, 6) is 1.33. The summed E-state index contributed by atoms with van der Waals surface area (Å²) in [6.45, 7) is 5.99. The molecule has 0 spiro atoms. The minimum Gasteiger partial charge on any atom is -0.357 e. The van der Waals surface area contributed by atoms with Gasteiger partial charge in [0.05, 0.1) is 10.3 Å². The number of Topliss-reactive ketones (excluding diaryl/α,β-unsaturated/α-hetero) is 1. The van der Waals surface area contributed by atoms with E-state index >= 15 is 0 Å². The molecule has 4 heterocycles. The molecular formula is C21H25N3O3. The Balaban J connectivity index is 1.78. The minimum absolute atomic E-state index is 0.113. The highest BCUT2D eigenvalue weighted by Crippen LogP contribution is 2.55. The first-order valence-electron chi connectivity index (χ1n) is 10.00. The number of carbonyl (C=O) groups is 1. The maximum Gasteiger partial charge on any atom is 0.270 e. The average molecular weight is 367 g/mol. The fourth-order valence-electron chi connectivity index (χ4n) is 6.46. The fraction of sp³-hybridized carbons (Fsp3) is 0.571. The van der Waals surface area contributed by atoms with Crippen molar-refractivity contribution < 1.29 is 9.72 Å². The van der Waals surface area contributed by atoms with Gasteiger partial charge in [0.2, 0.25) is 0 Å². The Labute approximate surface area is 158 Å². The molecule has 3 fully saturated rings. The van der Waals surface area contributed by atoms with Crippen molar-refractivity contribution in [3.63, 3.8) is 0 Å². The van der Waals surface area contributed by atoms with Gasteiger partial charge in [0.1, 0.15) is 5.78 Å². The Kier molecular flexibility index (Phi) is 3.54. The van der Waals surface area contributed by atoms with E-state index in [4.69, 9.17) is 0 Å². The number of ketones is 1. The van der Waals surface area contributed by atoms with E-state index in [1.807, 2.05) is 0 Å². The molecule has 0 radical (unpaired) electrons. The van der Waals surface area contributed by atoms with Gasteiger partial charge in [-0.3, -0.25) is 19.8 Å². The van der Waals surface area contributed by atoms with E-state index in [1.54, 1.807) is 25.1 Å². The van der Waals surface area contributed by atoms with Gasteiger partial charge >= 0.3 is 0 Å². The lowest BCUT2D eigenvalue weighted by Crippen LogP contribution is -2.66. The minimum atomic E-state index is -0.499. The number of carbonyl (C=O) groups excluding carboxylic acids is 1. The number of piperidine rings is 2. The van der Waals surface area contributed by atoms with E-state index in [9.17, 15) is 14.9 Å².